The molecule has 0 aliphatic heterocycles. The molecule has 0 radical (unpaired) electrons. The zero-order valence-electron chi connectivity index (χ0n) is 7.61. The number of nitrogens with zero attached hydrogens (tertiary/aromatic N) is 3. The molecule has 0 aromatic rings. The molecule has 0 bridgehead atoms. The summed E-state index contributed by atoms with van der Waals surface area (Å²) in [5, 5.41) is 12.4. The summed E-state index contributed by atoms with van der Waals surface area (Å²) in [5.41, 5.74) is 7.97. The van der Waals surface area contributed by atoms with Crippen molar-refractivity contribution in [2.45, 2.75) is 45.1 Å². The van der Waals surface area contributed by atoms with Crippen molar-refractivity contribution in [3.63, 3.8) is 0 Å². The monoisotopic (exact) mass is 171 g/mol. The molecule has 0 rings (SSSR count). The minimum Gasteiger partial charge on any atom is -0.393 e. The lowest BCUT2D eigenvalue weighted by atomic mass is 10.1. The normalized spacial score (nSPS) is 12.2. The molecule has 0 saturated carbocycles. The zero-order valence-corrected chi connectivity index (χ0v) is 7.61. The maximum atomic E-state index is 8.93. The van der Waals surface area contributed by atoms with Crippen molar-refractivity contribution >= 4 is 0 Å². The lowest BCUT2D eigenvalue weighted by molar-refractivity contribution is 0.180. The molecular weight excluding hydrogens is 154 g/mol. The van der Waals surface area contributed by atoms with Crippen LogP contribution in [0.5, 0.6) is 0 Å². The summed E-state index contributed by atoms with van der Waals surface area (Å²) >= 11 is 0. The molecule has 0 fully saturated rings. The summed E-state index contributed by atoms with van der Waals surface area (Å²) < 4.78 is 0. The van der Waals surface area contributed by atoms with E-state index in [1.54, 1.807) is 6.92 Å². The van der Waals surface area contributed by atoms with Gasteiger partial charge in [0.15, 0.2) is 0 Å². The largest absolute Gasteiger partial charge is 0.393 e. The Balaban J connectivity index is 2.95. The van der Waals surface area contributed by atoms with Crippen LogP contribution in [-0.4, -0.2) is 17.8 Å². The molecule has 0 spiro atoms. The van der Waals surface area contributed by atoms with Crippen LogP contribution in [0.2, 0.25) is 0 Å². The van der Waals surface area contributed by atoms with Crippen LogP contribution in [0.4, 0.5) is 0 Å². The van der Waals surface area contributed by atoms with Crippen molar-refractivity contribution < 1.29 is 5.11 Å². The Labute approximate surface area is 73.2 Å². The van der Waals surface area contributed by atoms with Crippen molar-refractivity contribution in [3.8, 4) is 0 Å². The first kappa shape index (κ1) is 11.3. The van der Waals surface area contributed by atoms with E-state index in [0.29, 0.717) is 6.54 Å². The third-order valence-corrected chi connectivity index (χ3v) is 1.69. The molecule has 1 N–H and O–H groups in total. The number of aliphatic hydroxyl groups excluding tert-OH is 1. The van der Waals surface area contributed by atoms with Crippen molar-refractivity contribution in [3.05, 3.63) is 10.4 Å². The van der Waals surface area contributed by atoms with Crippen LogP contribution < -0.4 is 0 Å². The predicted octanol–water partition coefficient (Wildman–Crippen LogP) is 2.63. The lowest BCUT2D eigenvalue weighted by Crippen LogP contribution is -1.98. The van der Waals surface area contributed by atoms with Gasteiger partial charge in [0.1, 0.15) is 0 Å². The molecule has 4 heteroatoms. The van der Waals surface area contributed by atoms with Gasteiger partial charge in [-0.15, -0.1) is 0 Å². The molecule has 0 aliphatic carbocycles. The van der Waals surface area contributed by atoms with Crippen molar-refractivity contribution in [1.82, 2.24) is 0 Å². The standard InChI is InChI=1S/C8H17N3O/c1-8(12)6-4-2-3-5-7-10-11-9/h8,12H,2-7H2,1H3. The van der Waals surface area contributed by atoms with Gasteiger partial charge in [-0.05, 0) is 25.3 Å². The van der Waals surface area contributed by atoms with E-state index in [1.165, 1.54) is 0 Å². The Bertz CT molecular complexity index is 141. The molecule has 4 nitrogen and oxygen atoms in total. The quantitative estimate of drug-likeness (QED) is 0.272. The zero-order chi connectivity index (χ0) is 9.23. The number of aliphatic hydroxyl groups is 1. The molecule has 0 aromatic heterocycles. The Morgan fingerprint density at radius 2 is 2.00 bits per heavy atom. The maximum Gasteiger partial charge on any atom is 0.0512 e. The Hall–Kier alpha value is -0.730. The third-order valence-electron chi connectivity index (χ3n) is 1.69. The lowest BCUT2D eigenvalue weighted by Gasteiger charge is -2.02. The second kappa shape index (κ2) is 8.37. The highest BCUT2D eigenvalue weighted by Gasteiger charge is 1.94. The molecule has 0 heterocycles. The van der Waals surface area contributed by atoms with Gasteiger partial charge in [-0.1, -0.05) is 24.4 Å². The van der Waals surface area contributed by atoms with Crippen LogP contribution in [0.15, 0.2) is 5.11 Å². The topological polar surface area (TPSA) is 69.0 Å². The SMILES string of the molecule is CC(O)CCCCCCN=[N+]=[N-]. The number of unbranched alkanes of at least 4 members (excludes halogenated alkanes) is 3. The third kappa shape index (κ3) is 9.27. The maximum absolute atomic E-state index is 8.93. The minimum atomic E-state index is -0.179. The van der Waals surface area contributed by atoms with Gasteiger partial charge < -0.3 is 5.11 Å². The number of hydrogen-bond acceptors (Lipinski definition) is 2. The van der Waals surface area contributed by atoms with Crippen LogP contribution in [0.1, 0.15) is 39.0 Å². The fraction of sp³-hybridized carbons (Fsp3) is 1.00. The second-order valence-corrected chi connectivity index (χ2v) is 3.01. The number of azide groups is 1. The predicted molar refractivity (Wildman–Crippen MR) is 48.8 cm³/mol. The van der Waals surface area contributed by atoms with Gasteiger partial charge >= 0.3 is 0 Å². The van der Waals surface area contributed by atoms with E-state index in [0.717, 1.165) is 32.1 Å². The molecule has 0 saturated heterocycles. The van der Waals surface area contributed by atoms with E-state index in [4.69, 9.17) is 10.6 Å². The van der Waals surface area contributed by atoms with Gasteiger partial charge in [-0.25, -0.2) is 0 Å². The average Bonchev–Trinajstić information content (AvgIpc) is 2.02. The van der Waals surface area contributed by atoms with E-state index < -0.39 is 0 Å². The summed E-state index contributed by atoms with van der Waals surface area (Å²) in [5.74, 6) is 0. The van der Waals surface area contributed by atoms with Crippen LogP contribution in [0, 0.1) is 0 Å². The fourth-order valence-electron chi connectivity index (χ4n) is 1.02. The molecular formula is C8H17N3O. The molecule has 1 unspecified atom stereocenters. The van der Waals surface area contributed by atoms with Gasteiger partial charge in [0.25, 0.3) is 0 Å². The smallest absolute Gasteiger partial charge is 0.0512 e. The van der Waals surface area contributed by atoms with E-state index >= 15 is 0 Å². The highest BCUT2D eigenvalue weighted by atomic mass is 16.3. The van der Waals surface area contributed by atoms with Crippen LogP contribution in [0.3, 0.4) is 0 Å². The summed E-state index contributed by atoms with van der Waals surface area (Å²) in [4.78, 5) is 2.67. The van der Waals surface area contributed by atoms with Gasteiger partial charge in [0, 0.05) is 11.5 Å². The molecule has 0 aromatic carbocycles. The summed E-state index contributed by atoms with van der Waals surface area (Å²) in [7, 11) is 0. The molecule has 70 valence electrons. The number of rotatable bonds is 7. The summed E-state index contributed by atoms with van der Waals surface area (Å²) in [6.07, 6.45) is 4.93. The molecule has 12 heavy (non-hydrogen) atoms. The highest BCUT2D eigenvalue weighted by Crippen LogP contribution is 2.05. The fourth-order valence-corrected chi connectivity index (χ4v) is 1.02. The first-order chi connectivity index (χ1) is 5.77. The van der Waals surface area contributed by atoms with E-state index in [2.05, 4.69) is 10.0 Å². The molecule has 1 atom stereocenters. The van der Waals surface area contributed by atoms with Crippen LogP contribution in [-0.2, 0) is 0 Å². The van der Waals surface area contributed by atoms with Gasteiger partial charge in [-0.3, -0.25) is 0 Å². The summed E-state index contributed by atoms with van der Waals surface area (Å²) in [6.45, 7) is 2.41. The van der Waals surface area contributed by atoms with E-state index in [-0.39, 0.29) is 6.10 Å². The van der Waals surface area contributed by atoms with Crippen molar-refractivity contribution in [1.29, 1.82) is 0 Å². The first-order valence-corrected chi connectivity index (χ1v) is 4.46. The van der Waals surface area contributed by atoms with Crippen molar-refractivity contribution in [2.24, 2.45) is 5.11 Å². The minimum absolute atomic E-state index is 0.179. The Kier molecular flexibility index (Phi) is 7.86. The Morgan fingerprint density at radius 1 is 1.33 bits per heavy atom. The second-order valence-electron chi connectivity index (χ2n) is 3.01. The highest BCUT2D eigenvalue weighted by molar-refractivity contribution is 4.51. The van der Waals surface area contributed by atoms with E-state index in [9.17, 15) is 0 Å². The number of hydrogen-bond donors (Lipinski definition) is 1. The van der Waals surface area contributed by atoms with Crippen LogP contribution in [0.25, 0.3) is 10.4 Å². The van der Waals surface area contributed by atoms with E-state index in [1.807, 2.05) is 0 Å². The average molecular weight is 171 g/mol. The summed E-state index contributed by atoms with van der Waals surface area (Å²) in [6, 6.07) is 0. The molecule has 0 aliphatic rings. The Morgan fingerprint density at radius 3 is 2.58 bits per heavy atom. The van der Waals surface area contributed by atoms with Crippen LogP contribution >= 0.6 is 0 Å². The van der Waals surface area contributed by atoms with Gasteiger partial charge in [-0.2, -0.15) is 0 Å². The van der Waals surface area contributed by atoms with Crippen molar-refractivity contribution in [2.75, 3.05) is 6.54 Å². The van der Waals surface area contributed by atoms with Gasteiger partial charge in [0.2, 0.25) is 0 Å². The van der Waals surface area contributed by atoms with Gasteiger partial charge in [0.05, 0.1) is 6.10 Å². The first-order valence-electron chi connectivity index (χ1n) is 4.46. The molecule has 0 amide bonds.